The van der Waals surface area contributed by atoms with E-state index >= 15 is 0 Å². The van der Waals surface area contributed by atoms with Crippen molar-refractivity contribution in [3.05, 3.63) is 106 Å². The van der Waals surface area contributed by atoms with Crippen molar-refractivity contribution in [1.82, 2.24) is 10.2 Å². The number of nitrogens with zero attached hydrogens (tertiary/aromatic N) is 1. The molecule has 0 saturated carbocycles. The van der Waals surface area contributed by atoms with Crippen LogP contribution in [0.3, 0.4) is 0 Å². The summed E-state index contributed by atoms with van der Waals surface area (Å²) < 4.78 is 0. The second-order valence-electron chi connectivity index (χ2n) is 9.27. The monoisotopic (exact) mass is 498 g/mol. The lowest BCUT2D eigenvalue weighted by atomic mass is 9.93. The first-order chi connectivity index (χ1) is 17.8. The van der Waals surface area contributed by atoms with E-state index in [0.717, 1.165) is 22.3 Å². The van der Waals surface area contributed by atoms with Gasteiger partial charge in [-0.2, -0.15) is 0 Å². The molecule has 0 saturated heterocycles. The third kappa shape index (κ3) is 6.61. The first-order valence-corrected chi connectivity index (χ1v) is 12.2. The van der Waals surface area contributed by atoms with E-state index in [1.165, 1.54) is 0 Å². The molecule has 4 rings (SSSR count). The topological polar surface area (TPSA) is 137 Å². The van der Waals surface area contributed by atoms with Crippen molar-refractivity contribution < 1.29 is 19.5 Å². The SMILES string of the molecule is N=C(N)c1ccc(CNC(=O)c2ccc3c(c2)C[C@H](CC(=O)O)C(=O)N(CCc2ccccc2)C3)cc1. The van der Waals surface area contributed by atoms with Crippen molar-refractivity contribution in [2.75, 3.05) is 6.54 Å². The molecule has 1 heterocycles. The Balaban J connectivity index is 1.49. The number of hydrogen-bond acceptors (Lipinski definition) is 4. The molecular formula is C29H30N4O4. The number of carboxylic acids is 1. The van der Waals surface area contributed by atoms with Gasteiger partial charge < -0.3 is 21.1 Å². The molecule has 3 aromatic rings. The molecule has 0 fully saturated rings. The maximum atomic E-state index is 13.3. The Morgan fingerprint density at radius 3 is 2.35 bits per heavy atom. The number of carbonyl (C=O) groups excluding carboxylic acids is 2. The summed E-state index contributed by atoms with van der Waals surface area (Å²) in [6.07, 6.45) is 0.693. The summed E-state index contributed by atoms with van der Waals surface area (Å²) in [5, 5.41) is 19.8. The Hall–Kier alpha value is -4.46. The molecule has 1 atom stereocenters. The van der Waals surface area contributed by atoms with Crippen LogP contribution >= 0.6 is 0 Å². The van der Waals surface area contributed by atoms with Crippen molar-refractivity contribution in [3.8, 4) is 0 Å². The lowest BCUT2D eigenvalue weighted by molar-refractivity contribution is -0.144. The fourth-order valence-corrected chi connectivity index (χ4v) is 4.56. The molecule has 8 heteroatoms. The third-order valence-electron chi connectivity index (χ3n) is 6.61. The predicted octanol–water partition coefficient (Wildman–Crippen LogP) is 3.12. The molecule has 1 aliphatic heterocycles. The Bertz CT molecular complexity index is 1310. The highest BCUT2D eigenvalue weighted by Gasteiger charge is 2.31. The summed E-state index contributed by atoms with van der Waals surface area (Å²) in [5.74, 6) is -2.15. The third-order valence-corrected chi connectivity index (χ3v) is 6.61. The van der Waals surface area contributed by atoms with Crippen LogP contribution in [0.1, 0.15) is 44.6 Å². The van der Waals surface area contributed by atoms with E-state index < -0.39 is 11.9 Å². The number of carbonyl (C=O) groups is 3. The van der Waals surface area contributed by atoms with Gasteiger partial charge in [-0.3, -0.25) is 19.8 Å². The van der Waals surface area contributed by atoms with Gasteiger partial charge in [0.2, 0.25) is 5.91 Å². The number of rotatable bonds is 9. The Labute approximate surface area is 215 Å². The number of carboxylic acid groups (broad SMARTS) is 1. The van der Waals surface area contributed by atoms with Crippen LogP contribution in [0.4, 0.5) is 0 Å². The molecule has 0 unspecified atom stereocenters. The van der Waals surface area contributed by atoms with Crippen molar-refractivity contribution in [1.29, 1.82) is 5.41 Å². The number of benzene rings is 3. The van der Waals surface area contributed by atoms with Gasteiger partial charge in [-0.25, -0.2) is 0 Å². The summed E-state index contributed by atoms with van der Waals surface area (Å²) in [6, 6.07) is 22.3. The van der Waals surface area contributed by atoms with E-state index in [1.807, 2.05) is 36.4 Å². The summed E-state index contributed by atoms with van der Waals surface area (Å²) in [4.78, 5) is 39.4. The standard InChI is InChI=1S/C29H30N4O4/c30-27(31)21-8-6-20(7-9-21)17-32-28(36)22-10-11-23-18-33(13-12-19-4-2-1-3-5-19)29(37)25(16-26(34)35)15-24(23)14-22/h1-11,14,25H,12-13,15-18H2,(H3,30,31)(H,32,36)(H,34,35)/t25-/m1/s1. The second kappa shape index (κ2) is 11.5. The molecule has 8 nitrogen and oxygen atoms in total. The number of amides is 2. The predicted molar refractivity (Wildman–Crippen MR) is 140 cm³/mol. The number of nitrogens with one attached hydrogen (secondary N) is 2. The van der Waals surface area contributed by atoms with Gasteiger partial charge >= 0.3 is 5.97 Å². The van der Waals surface area contributed by atoms with Gasteiger partial charge in [0.1, 0.15) is 5.84 Å². The summed E-state index contributed by atoms with van der Waals surface area (Å²) >= 11 is 0. The van der Waals surface area contributed by atoms with Crippen LogP contribution in [0, 0.1) is 11.3 Å². The van der Waals surface area contributed by atoms with Gasteiger partial charge in [-0.05, 0) is 47.2 Å². The van der Waals surface area contributed by atoms with Gasteiger partial charge in [0.15, 0.2) is 0 Å². The molecule has 5 N–H and O–H groups in total. The van der Waals surface area contributed by atoms with Crippen LogP contribution in [0.5, 0.6) is 0 Å². The van der Waals surface area contributed by atoms with Crippen LogP contribution in [0.25, 0.3) is 0 Å². The van der Waals surface area contributed by atoms with Crippen LogP contribution < -0.4 is 11.1 Å². The van der Waals surface area contributed by atoms with Crippen LogP contribution in [0.15, 0.2) is 72.8 Å². The van der Waals surface area contributed by atoms with E-state index in [-0.39, 0.29) is 30.5 Å². The van der Waals surface area contributed by atoms with Crippen LogP contribution in [0.2, 0.25) is 0 Å². The zero-order valence-corrected chi connectivity index (χ0v) is 20.4. The second-order valence-corrected chi connectivity index (χ2v) is 9.27. The Morgan fingerprint density at radius 1 is 0.973 bits per heavy atom. The summed E-state index contributed by atoms with van der Waals surface area (Å²) in [6.45, 7) is 1.17. The fourth-order valence-electron chi connectivity index (χ4n) is 4.56. The highest BCUT2D eigenvalue weighted by atomic mass is 16.4. The van der Waals surface area contributed by atoms with E-state index in [9.17, 15) is 19.5 Å². The van der Waals surface area contributed by atoms with Crippen LogP contribution in [-0.2, 0) is 35.5 Å². The van der Waals surface area contributed by atoms with Crippen molar-refractivity contribution in [3.63, 3.8) is 0 Å². The molecule has 190 valence electrons. The number of amidine groups is 1. The zero-order chi connectivity index (χ0) is 26.4. The van der Waals surface area contributed by atoms with Gasteiger partial charge in [0.25, 0.3) is 5.91 Å². The normalized spacial score (nSPS) is 15.0. The van der Waals surface area contributed by atoms with Crippen molar-refractivity contribution >= 4 is 23.6 Å². The molecular weight excluding hydrogens is 468 g/mol. The van der Waals surface area contributed by atoms with Gasteiger partial charge in [-0.1, -0.05) is 60.7 Å². The van der Waals surface area contributed by atoms with E-state index in [2.05, 4.69) is 5.32 Å². The molecule has 3 aromatic carbocycles. The largest absolute Gasteiger partial charge is 0.481 e. The summed E-state index contributed by atoms with van der Waals surface area (Å²) in [7, 11) is 0. The number of nitrogen functional groups attached to an aromatic ring is 1. The number of hydrogen-bond donors (Lipinski definition) is 4. The molecule has 1 aliphatic rings. The molecule has 0 bridgehead atoms. The molecule has 0 aliphatic carbocycles. The molecule has 37 heavy (non-hydrogen) atoms. The number of nitrogens with two attached hydrogens (primary N) is 1. The molecule has 0 aromatic heterocycles. The van der Waals surface area contributed by atoms with Gasteiger partial charge in [-0.15, -0.1) is 0 Å². The van der Waals surface area contributed by atoms with E-state index in [0.29, 0.717) is 37.2 Å². The Kier molecular flexibility index (Phi) is 7.98. The maximum absolute atomic E-state index is 13.3. The van der Waals surface area contributed by atoms with Gasteiger partial charge in [0.05, 0.1) is 12.3 Å². The molecule has 0 radical (unpaired) electrons. The molecule has 2 amide bonds. The Morgan fingerprint density at radius 2 is 1.68 bits per heavy atom. The van der Waals surface area contributed by atoms with Crippen LogP contribution in [-0.4, -0.2) is 40.2 Å². The van der Waals surface area contributed by atoms with Gasteiger partial charge in [0, 0.05) is 30.8 Å². The average molecular weight is 499 g/mol. The maximum Gasteiger partial charge on any atom is 0.304 e. The smallest absolute Gasteiger partial charge is 0.304 e. The highest BCUT2D eigenvalue weighted by molar-refractivity contribution is 5.95. The first-order valence-electron chi connectivity index (χ1n) is 12.2. The first kappa shape index (κ1) is 25.6. The minimum atomic E-state index is -1.02. The lowest BCUT2D eigenvalue weighted by Crippen LogP contribution is -2.37. The lowest BCUT2D eigenvalue weighted by Gasteiger charge is -2.24. The number of fused-ring (bicyclic) bond motifs is 1. The minimum absolute atomic E-state index is 0.0149. The summed E-state index contributed by atoms with van der Waals surface area (Å²) in [5.41, 5.74) is 10.3. The van der Waals surface area contributed by atoms with Crippen molar-refractivity contribution in [2.24, 2.45) is 11.7 Å². The highest BCUT2D eigenvalue weighted by Crippen LogP contribution is 2.26. The number of aliphatic carboxylic acids is 1. The molecule has 0 spiro atoms. The van der Waals surface area contributed by atoms with E-state index in [4.69, 9.17) is 11.1 Å². The van der Waals surface area contributed by atoms with E-state index in [1.54, 1.807) is 41.3 Å². The van der Waals surface area contributed by atoms with Crippen molar-refractivity contribution in [2.45, 2.75) is 32.4 Å². The minimum Gasteiger partial charge on any atom is -0.481 e. The fraction of sp³-hybridized carbons (Fsp3) is 0.241. The quantitative estimate of drug-likeness (QED) is 0.265. The zero-order valence-electron chi connectivity index (χ0n) is 20.4. The average Bonchev–Trinajstić information content (AvgIpc) is 3.02.